The lowest BCUT2D eigenvalue weighted by atomic mass is 10.00. The van der Waals surface area contributed by atoms with Gasteiger partial charge in [0.1, 0.15) is 5.75 Å². The van der Waals surface area contributed by atoms with E-state index in [1.54, 1.807) is 41.1 Å². The molecule has 1 aliphatic rings. The van der Waals surface area contributed by atoms with Gasteiger partial charge in [0.05, 0.1) is 6.61 Å². The van der Waals surface area contributed by atoms with Crippen LogP contribution in [-0.4, -0.2) is 35.4 Å². The number of hydrogen-bond donors (Lipinski definition) is 2. The fourth-order valence-electron chi connectivity index (χ4n) is 3.63. The van der Waals surface area contributed by atoms with Crippen LogP contribution in [0.5, 0.6) is 5.75 Å². The molecule has 3 aromatic carbocycles. The lowest BCUT2D eigenvalue weighted by molar-refractivity contribution is -0.596. The Morgan fingerprint density at radius 3 is 2.41 bits per heavy atom. The van der Waals surface area contributed by atoms with Crippen LogP contribution >= 0.6 is 11.6 Å². The van der Waals surface area contributed by atoms with Crippen LogP contribution in [0.4, 0.5) is 0 Å². The van der Waals surface area contributed by atoms with E-state index in [0.29, 0.717) is 17.2 Å². The van der Waals surface area contributed by atoms with Crippen LogP contribution in [0.1, 0.15) is 34.5 Å². The molecule has 2 amide bonds. The van der Waals surface area contributed by atoms with E-state index in [2.05, 4.69) is 10.7 Å². The molecule has 4 rings (SSSR count). The van der Waals surface area contributed by atoms with Crippen molar-refractivity contribution in [3.05, 3.63) is 101 Å². The second-order valence-electron chi connectivity index (χ2n) is 7.33. The summed E-state index contributed by atoms with van der Waals surface area (Å²) < 4.78 is 7.21. The highest BCUT2D eigenvalue weighted by Crippen LogP contribution is 2.27. The molecule has 0 spiro atoms. The Labute approximate surface area is 191 Å². The molecule has 1 fully saturated rings. The first-order valence-electron chi connectivity index (χ1n) is 10.3. The van der Waals surface area contributed by atoms with E-state index < -0.39 is 12.1 Å². The molecule has 2 N–H and O–H groups in total. The van der Waals surface area contributed by atoms with Gasteiger partial charge in [-0.25, -0.2) is 0 Å². The molecule has 7 heteroatoms. The average Bonchev–Trinajstić information content (AvgIpc) is 3.11. The SMILES string of the molecule is CCOc1ccc(/C=[N+]2\NC(=O)[C@H](NC(=O)c3ccccc3)[C@@H]2c2ccc(Cl)cc2)cc1. The first-order valence-corrected chi connectivity index (χ1v) is 10.7. The fraction of sp³-hybridized carbons (Fsp3) is 0.160. The third kappa shape index (κ3) is 4.81. The standard InChI is InChI=1S/C25H22ClN3O3/c1-2-32-21-14-8-17(9-15-21)16-29-23(18-10-12-20(26)13-11-18)22(25(31)28-29)27-24(30)19-6-4-3-5-7-19/h3-16,22-23H,2H2,1H3,(H-,27,28,30,31)/p+1/b29-16-/t22-,23+/m1/s1. The Hall–Kier alpha value is -3.64. The first-order chi connectivity index (χ1) is 15.5. The number of hydrazine groups is 1. The second kappa shape index (κ2) is 9.66. The molecule has 1 saturated heterocycles. The lowest BCUT2D eigenvalue weighted by Crippen LogP contribution is -2.42. The Bertz CT molecular complexity index is 1130. The molecule has 2 atom stereocenters. The van der Waals surface area contributed by atoms with Crippen LogP contribution in [0, 0.1) is 0 Å². The van der Waals surface area contributed by atoms with Crippen molar-refractivity contribution in [2.45, 2.75) is 19.0 Å². The van der Waals surface area contributed by atoms with Gasteiger partial charge in [-0.3, -0.25) is 9.59 Å². The van der Waals surface area contributed by atoms with Gasteiger partial charge in [0.25, 0.3) is 5.91 Å². The van der Waals surface area contributed by atoms with Gasteiger partial charge in [-0.05, 0) is 55.5 Å². The van der Waals surface area contributed by atoms with Crippen molar-refractivity contribution in [3.63, 3.8) is 0 Å². The van der Waals surface area contributed by atoms with Crippen LogP contribution in [0.2, 0.25) is 5.02 Å². The van der Waals surface area contributed by atoms with Gasteiger partial charge in [-0.15, -0.1) is 10.1 Å². The fourth-order valence-corrected chi connectivity index (χ4v) is 3.76. The number of hydrazone groups is 1. The van der Waals surface area contributed by atoms with Crippen molar-refractivity contribution in [1.29, 1.82) is 0 Å². The zero-order chi connectivity index (χ0) is 22.5. The van der Waals surface area contributed by atoms with E-state index in [1.807, 2.05) is 55.6 Å². The molecular weight excluding hydrogens is 426 g/mol. The molecule has 162 valence electrons. The monoisotopic (exact) mass is 448 g/mol. The minimum absolute atomic E-state index is 0.295. The first kappa shape index (κ1) is 21.6. The van der Waals surface area contributed by atoms with Gasteiger partial charge in [-0.1, -0.05) is 41.9 Å². The van der Waals surface area contributed by atoms with Crippen molar-refractivity contribution in [2.75, 3.05) is 6.61 Å². The summed E-state index contributed by atoms with van der Waals surface area (Å²) in [7, 11) is 0. The largest absolute Gasteiger partial charge is 0.494 e. The average molecular weight is 449 g/mol. The minimum Gasteiger partial charge on any atom is -0.494 e. The van der Waals surface area contributed by atoms with E-state index in [0.717, 1.165) is 16.9 Å². The predicted molar refractivity (Wildman–Crippen MR) is 123 cm³/mol. The molecular formula is C25H23ClN3O3+. The normalized spacial score (nSPS) is 18.9. The maximum atomic E-state index is 12.9. The molecule has 0 unspecified atom stereocenters. The number of hydrogen-bond acceptors (Lipinski definition) is 3. The minimum atomic E-state index is -0.789. The molecule has 0 bridgehead atoms. The van der Waals surface area contributed by atoms with Crippen molar-refractivity contribution >= 4 is 29.6 Å². The van der Waals surface area contributed by atoms with Gasteiger partial charge < -0.3 is 10.1 Å². The van der Waals surface area contributed by atoms with Gasteiger partial charge >= 0.3 is 5.91 Å². The molecule has 0 radical (unpaired) electrons. The quantitative estimate of drug-likeness (QED) is 0.564. The summed E-state index contributed by atoms with van der Waals surface area (Å²) in [6.45, 7) is 2.52. The Kier molecular flexibility index (Phi) is 6.52. The van der Waals surface area contributed by atoms with E-state index in [4.69, 9.17) is 16.3 Å². The highest BCUT2D eigenvalue weighted by atomic mass is 35.5. The van der Waals surface area contributed by atoms with Gasteiger partial charge in [0.2, 0.25) is 12.3 Å². The number of nitrogens with zero attached hydrogens (tertiary/aromatic N) is 1. The second-order valence-corrected chi connectivity index (χ2v) is 7.76. The third-order valence-electron chi connectivity index (χ3n) is 5.15. The Morgan fingerprint density at radius 2 is 1.75 bits per heavy atom. The number of carbonyl (C=O) groups excluding carboxylic acids is 2. The molecule has 0 saturated carbocycles. The number of halogens is 1. The molecule has 1 aliphatic heterocycles. The lowest BCUT2D eigenvalue weighted by Gasteiger charge is -2.15. The van der Waals surface area contributed by atoms with E-state index >= 15 is 0 Å². The summed E-state index contributed by atoms with van der Waals surface area (Å²) in [6.07, 6.45) is 1.83. The van der Waals surface area contributed by atoms with E-state index in [1.165, 1.54) is 0 Å². The Morgan fingerprint density at radius 1 is 1.06 bits per heavy atom. The number of nitrogens with one attached hydrogen (secondary N) is 2. The molecule has 0 aromatic heterocycles. The van der Waals surface area contributed by atoms with Gasteiger partial charge in [-0.2, -0.15) is 0 Å². The zero-order valence-corrected chi connectivity index (χ0v) is 18.3. The van der Waals surface area contributed by atoms with Gasteiger partial charge in [0.15, 0.2) is 6.04 Å². The molecule has 3 aromatic rings. The summed E-state index contributed by atoms with van der Waals surface area (Å²) in [6, 6.07) is 22.4. The van der Waals surface area contributed by atoms with E-state index in [9.17, 15) is 9.59 Å². The smallest absolute Gasteiger partial charge is 0.304 e. The van der Waals surface area contributed by atoms with Crippen LogP contribution < -0.4 is 15.5 Å². The maximum Gasteiger partial charge on any atom is 0.304 e. The van der Waals surface area contributed by atoms with Crippen molar-refractivity contribution in [2.24, 2.45) is 0 Å². The summed E-state index contributed by atoms with van der Waals surface area (Å²) in [4.78, 5) is 25.7. The van der Waals surface area contributed by atoms with Crippen LogP contribution in [0.3, 0.4) is 0 Å². The number of rotatable bonds is 6. The summed E-state index contributed by atoms with van der Waals surface area (Å²) in [5.74, 6) is 0.168. The molecule has 6 nitrogen and oxygen atoms in total. The molecule has 1 heterocycles. The number of amides is 2. The number of benzene rings is 3. The number of carbonyl (C=O) groups is 2. The number of ether oxygens (including phenoxy) is 1. The Balaban J connectivity index is 1.67. The highest BCUT2D eigenvalue weighted by Gasteiger charge is 2.47. The summed E-state index contributed by atoms with van der Waals surface area (Å²) in [5.41, 5.74) is 5.08. The zero-order valence-electron chi connectivity index (χ0n) is 17.5. The van der Waals surface area contributed by atoms with Crippen LogP contribution in [0.25, 0.3) is 0 Å². The van der Waals surface area contributed by atoms with Gasteiger partial charge in [0, 0.05) is 21.7 Å². The molecule has 0 aliphatic carbocycles. The van der Waals surface area contributed by atoms with Crippen molar-refractivity contribution < 1.29 is 19.0 Å². The predicted octanol–water partition coefficient (Wildman–Crippen LogP) is 3.75. The van der Waals surface area contributed by atoms with Crippen molar-refractivity contribution in [1.82, 2.24) is 10.7 Å². The van der Waals surface area contributed by atoms with E-state index in [-0.39, 0.29) is 11.8 Å². The van der Waals surface area contributed by atoms with Crippen LogP contribution in [-0.2, 0) is 4.79 Å². The molecule has 32 heavy (non-hydrogen) atoms. The summed E-state index contributed by atoms with van der Waals surface area (Å²) >= 11 is 6.07. The summed E-state index contributed by atoms with van der Waals surface area (Å²) in [5, 5.41) is 3.48. The third-order valence-corrected chi connectivity index (χ3v) is 5.40. The highest BCUT2D eigenvalue weighted by molar-refractivity contribution is 6.30. The van der Waals surface area contributed by atoms with Crippen molar-refractivity contribution in [3.8, 4) is 5.75 Å². The topological polar surface area (TPSA) is 70.4 Å². The van der Waals surface area contributed by atoms with Crippen LogP contribution in [0.15, 0.2) is 78.9 Å². The maximum absolute atomic E-state index is 12.9.